The molecule has 0 saturated heterocycles. The minimum absolute atomic E-state index is 0.00321. The molecule has 0 spiro atoms. The largest absolute Gasteiger partial charge is 0.492 e. The fourth-order valence-electron chi connectivity index (χ4n) is 2.56. The van der Waals surface area contributed by atoms with E-state index in [1.807, 2.05) is 18.2 Å². The summed E-state index contributed by atoms with van der Waals surface area (Å²) in [7, 11) is -3.52. The number of hydrogen-bond donors (Lipinski definition) is 2. The summed E-state index contributed by atoms with van der Waals surface area (Å²) >= 11 is 0. The highest BCUT2D eigenvalue weighted by Crippen LogP contribution is 2.22. The number of ether oxygens (including phenoxy) is 1. The maximum Gasteiger partial charge on any atom is 0.276 e. The first-order valence-corrected chi connectivity index (χ1v) is 10.9. The third-order valence-electron chi connectivity index (χ3n) is 3.88. The number of hydrogen-bond acceptors (Lipinski definition) is 6. The lowest BCUT2D eigenvalue weighted by Gasteiger charge is -2.12. The van der Waals surface area contributed by atoms with Crippen molar-refractivity contribution in [3.8, 4) is 5.75 Å². The Labute approximate surface area is 173 Å². The molecule has 10 heteroatoms. The Morgan fingerprint density at radius 1 is 1.00 bits per heavy atom. The lowest BCUT2D eigenvalue weighted by Crippen LogP contribution is -2.28. The van der Waals surface area contributed by atoms with Crippen LogP contribution in [0.2, 0.25) is 0 Å². The quantitative estimate of drug-likeness (QED) is 0.566. The van der Waals surface area contributed by atoms with Gasteiger partial charge in [-0.05, 0) is 30.3 Å². The van der Waals surface area contributed by atoms with Gasteiger partial charge < -0.3 is 10.1 Å². The Bertz CT molecular complexity index is 1190. The van der Waals surface area contributed by atoms with Crippen molar-refractivity contribution in [3.63, 3.8) is 0 Å². The zero-order chi connectivity index (χ0) is 21.6. The molecule has 2 N–H and O–H groups in total. The van der Waals surface area contributed by atoms with E-state index < -0.39 is 15.9 Å². The van der Waals surface area contributed by atoms with Gasteiger partial charge in [0.25, 0.3) is 11.5 Å². The van der Waals surface area contributed by atoms with E-state index in [9.17, 15) is 18.0 Å². The highest BCUT2D eigenvalue weighted by atomic mass is 32.2. The summed E-state index contributed by atoms with van der Waals surface area (Å²) in [4.78, 5) is 24.6. The third-order valence-corrected chi connectivity index (χ3v) is 4.48. The van der Waals surface area contributed by atoms with Gasteiger partial charge in [-0.1, -0.05) is 30.3 Å². The lowest BCUT2D eigenvalue weighted by atomic mass is 10.2. The normalized spacial score (nSPS) is 11.0. The van der Waals surface area contributed by atoms with E-state index in [-0.39, 0.29) is 35.8 Å². The van der Waals surface area contributed by atoms with Gasteiger partial charge in [0, 0.05) is 6.07 Å². The zero-order valence-electron chi connectivity index (χ0n) is 16.1. The van der Waals surface area contributed by atoms with Crippen LogP contribution in [-0.4, -0.2) is 37.0 Å². The molecule has 1 heterocycles. The number of amides is 1. The number of para-hydroxylation sites is 3. The lowest BCUT2D eigenvalue weighted by molar-refractivity contribution is 0.101. The van der Waals surface area contributed by atoms with Crippen molar-refractivity contribution in [2.75, 3.05) is 22.9 Å². The molecule has 1 aromatic heterocycles. The molecule has 0 aliphatic carbocycles. The van der Waals surface area contributed by atoms with Crippen molar-refractivity contribution >= 4 is 27.3 Å². The average molecular weight is 428 g/mol. The van der Waals surface area contributed by atoms with E-state index in [2.05, 4.69) is 15.1 Å². The van der Waals surface area contributed by atoms with E-state index in [1.54, 1.807) is 30.3 Å². The van der Waals surface area contributed by atoms with Crippen molar-refractivity contribution in [2.24, 2.45) is 0 Å². The van der Waals surface area contributed by atoms with E-state index in [0.29, 0.717) is 5.75 Å². The minimum Gasteiger partial charge on any atom is -0.492 e. The van der Waals surface area contributed by atoms with Gasteiger partial charge in [0.15, 0.2) is 0 Å². The summed E-state index contributed by atoms with van der Waals surface area (Å²) in [6.45, 7) is 0.351. The number of carbonyl (C=O) groups is 1. The van der Waals surface area contributed by atoms with Crippen LogP contribution in [0.25, 0.3) is 0 Å². The van der Waals surface area contributed by atoms with Crippen molar-refractivity contribution in [1.82, 2.24) is 9.78 Å². The molecule has 30 heavy (non-hydrogen) atoms. The molecule has 9 nitrogen and oxygen atoms in total. The molecule has 0 aliphatic rings. The van der Waals surface area contributed by atoms with Crippen molar-refractivity contribution in [1.29, 1.82) is 0 Å². The zero-order valence-corrected chi connectivity index (χ0v) is 16.9. The van der Waals surface area contributed by atoms with Gasteiger partial charge in [-0.2, -0.15) is 5.10 Å². The van der Waals surface area contributed by atoms with Crippen molar-refractivity contribution < 1.29 is 17.9 Å². The number of anilines is 2. The second-order valence-electron chi connectivity index (χ2n) is 6.32. The predicted octanol–water partition coefficient (Wildman–Crippen LogP) is 1.95. The van der Waals surface area contributed by atoms with Crippen LogP contribution in [0.15, 0.2) is 71.5 Å². The van der Waals surface area contributed by atoms with Gasteiger partial charge in [-0.15, -0.1) is 0 Å². The second-order valence-corrected chi connectivity index (χ2v) is 8.06. The molecule has 0 bridgehead atoms. The SMILES string of the molecule is CS(=O)(=O)Nc1ccccc1NC(=O)c1ccc(=O)n(CCOc2ccccc2)n1. The summed E-state index contributed by atoms with van der Waals surface area (Å²) in [5.74, 6) is 0.0740. The van der Waals surface area contributed by atoms with E-state index in [1.165, 1.54) is 18.2 Å². The number of rotatable bonds is 8. The molecule has 0 saturated carbocycles. The molecule has 1 amide bonds. The van der Waals surface area contributed by atoms with Gasteiger partial charge in [-0.25, -0.2) is 13.1 Å². The van der Waals surface area contributed by atoms with Crippen LogP contribution in [0.1, 0.15) is 10.5 Å². The molecule has 3 aromatic rings. The molecule has 156 valence electrons. The summed E-state index contributed by atoms with van der Waals surface area (Å²) in [6, 6.07) is 18.0. The van der Waals surface area contributed by atoms with Gasteiger partial charge in [0.1, 0.15) is 18.1 Å². The van der Waals surface area contributed by atoms with Crippen molar-refractivity contribution in [2.45, 2.75) is 6.54 Å². The van der Waals surface area contributed by atoms with Crippen LogP contribution < -0.4 is 20.3 Å². The Morgan fingerprint density at radius 2 is 1.67 bits per heavy atom. The number of sulfonamides is 1. The number of carbonyl (C=O) groups excluding carboxylic acids is 1. The Balaban J connectivity index is 1.71. The summed E-state index contributed by atoms with van der Waals surface area (Å²) in [5, 5.41) is 6.68. The van der Waals surface area contributed by atoms with Crippen LogP contribution >= 0.6 is 0 Å². The van der Waals surface area contributed by atoms with Gasteiger partial charge in [0.05, 0.1) is 24.2 Å². The third kappa shape index (κ3) is 5.92. The first-order chi connectivity index (χ1) is 14.3. The molecule has 0 radical (unpaired) electrons. The number of benzene rings is 2. The van der Waals surface area contributed by atoms with E-state index >= 15 is 0 Å². The summed E-state index contributed by atoms with van der Waals surface area (Å²) < 4.78 is 32.0. The molecule has 0 aliphatic heterocycles. The Kier molecular flexibility index (Phi) is 6.48. The molecule has 0 atom stereocenters. The predicted molar refractivity (Wildman–Crippen MR) is 113 cm³/mol. The fraction of sp³-hybridized carbons (Fsp3) is 0.150. The van der Waals surface area contributed by atoms with Gasteiger partial charge in [0.2, 0.25) is 10.0 Å². The molecular formula is C20H20N4O5S. The minimum atomic E-state index is -3.52. The number of nitrogens with one attached hydrogen (secondary N) is 2. The molecule has 3 rings (SSSR count). The van der Waals surface area contributed by atoms with Crippen LogP contribution in [0.3, 0.4) is 0 Å². The molecule has 2 aromatic carbocycles. The average Bonchev–Trinajstić information content (AvgIpc) is 2.70. The fourth-order valence-corrected chi connectivity index (χ4v) is 3.14. The second kappa shape index (κ2) is 9.23. The van der Waals surface area contributed by atoms with Crippen LogP contribution in [0.4, 0.5) is 11.4 Å². The molecular weight excluding hydrogens is 408 g/mol. The van der Waals surface area contributed by atoms with E-state index in [0.717, 1.165) is 10.9 Å². The van der Waals surface area contributed by atoms with Crippen LogP contribution in [0, 0.1) is 0 Å². The Hall–Kier alpha value is -3.66. The smallest absolute Gasteiger partial charge is 0.276 e. The number of nitrogens with zero attached hydrogens (tertiary/aromatic N) is 2. The summed E-state index contributed by atoms with van der Waals surface area (Å²) in [5.41, 5.74) is 0.114. The standard InChI is InChI=1S/C20H20N4O5S/c1-30(27,28)23-17-10-6-5-9-16(17)21-20(26)18-11-12-19(25)24(22-18)13-14-29-15-7-3-2-4-8-15/h2-12,23H,13-14H2,1H3,(H,21,26). The van der Waals surface area contributed by atoms with Crippen LogP contribution in [0.5, 0.6) is 5.75 Å². The first-order valence-electron chi connectivity index (χ1n) is 8.96. The summed E-state index contributed by atoms with van der Waals surface area (Å²) in [6.07, 6.45) is 1.01. The van der Waals surface area contributed by atoms with Crippen molar-refractivity contribution in [3.05, 3.63) is 82.8 Å². The monoisotopic (exact) mass is 428 g/mol. The highest BCUT2D eigenvalue weighted by Gasteiger charge is 2.14. The topological polar surface area (TPSA) is 119 Å². The Morgan fingerprint density at radius 3 is 2.37 bits per heavy atom. The molecule has 0 fully saturated rings. The maximum absolute atomic E-state index is 12.6. The maximum atomic E-state index is 12.6. The highest BCUT2D eigenvalue weighted by molar-refractivity contribution is 7.92. The van der Waals surface area contributed by atoms with Gasteiger partial charge in [-0.3, -0.25) is 14.3 Å². The number of aromatic nitrogens is 2. The first kappa shape index (κ1) is 21.1. The van der Waals surface area contributed by atoms with Gasteiger partial charge >= 0.3 is 0 Å². The van der Waals surface area contributed by atoms with Crippen LogP contribution in [-0.2, 0) is 16.6 Å². The van der Waals surface area contributed by atoms with E-state index in [4.69, 9.17) is 4.74 Å². The molecule has 0 unspecified atom stereocenters.